The number of carbonyl (C=O) groups is 2. The van der Waals surface area contributed by atoms with Crippen molar-refractivity contribution in [3.05, 3.63) is 58.7 Å². The molecule has 1 aliphatic carbocycles. The van der Waals surface area contributed by atoms with Crippen LogP contribution in [0, 0.1) is 0 Å². The average Bonchev–Trinajstić information content (AvgIpc) is 3.06. The van der Waals surface area contributed by atoms with E-state index in [0.717, 1.165) is 34.7 Å². The smallest absolute Gasteiger partial charge is 0.417 e. The fourth-order valence-electron chi connectivity index (χ4n) is 3.42. The highest BCUT2D eigenvalue weighted by atomic mass is 16.5. The minimum atomic E-state index is -0.848. The van der Waals surface area contributed by atoms with Gasteiger partial charge in [-0.1, -0.05) is 12.1 Å². The molecule has 2 unspecified atom stereocenters. The third-order valence-corrected chi connectivity index (χ3v) is 4.76. The Kier molecular flexibility index (Phi) is 6.84. The van der Waals surface area contributed by atoms with Crippen molar-refractivity contribution in [1.29, 1.82) is 0 Å². The van der Waals surface area contributed by atoms with Crippen LogP contribution in [0.5, 0.6) is 0 Å². The quantitative estimate of drug-likeness (QED) is 0.659. The zero-order chi connectivity index (χ0) is 22.5. The summed E-state index contributed by atoms with van der Waals surface area (Å²) in [5, 5.41) is 18.6. The summed E-state index contributed by atoms with van der Waals surface area (Å²) >= 11 is 0. The molecule has 8 nitrogen and oxygen atoms in total. The van der Waals surface area contributed by atoms with Crippen LogP contribution in [0.4, 0.5) is 0 Å². The molecular formula is C23H21N2O6. The van der Waals surface area contributed by atoms with Gasteiger partial charge >= 0.3 is 6.47 Å². The number of hydrogen-bond acceptors (Lipinski definition) is 6. The molecular weight excluding hydrogens is 400 g/mol. The largest absolute Gasteiger partial charge is 0.456 e. The van der Waals surface area contributed by atoms with Gasteiger partial charge in [0.1, 0.15) is 6.61 Å². The third kappa shape index (κ3) is 4.99. The number of amides is 2. The Hall–Kier alpha value is -3.49. The number of hydrogen-bond donors (Lipinski definition) is 2. The zero-order valence-electron chi connectivity index (χ0n) is 17.0. The van der Waals surface area contributed by atoms with E-state index in [1.807, 2.05) is 0 Å². The average molecular weight is 421 g/mol. The lowest BCUT2D eigenvalue weighted by atomic mass is 9.95. The van der Waals surface area contributed by atoms with Crippen molar-refractivity contribution in [3.63, 3.8) is 0 Å². The Morgan fingerprint density at radius 1 is 0.968 bits per heavy atom. The Bertz CT molecular complexity index is 992. The van der Waals surface area contributed by atoms with Crippen molar-refractivity contribution in [1.82, 2.24) is 0 Å². The second kappa shape index (κ2) is 9.55. The van der Waals surface area contributed by atoms with E-state index in [4.69, 9.17) is 4.74 Å². The van der Waals surface area contributed by atoms with Gasteiger partial charge in [0.05, 0.1) is 12.2 Å². The summed E-state index contributed by atoms with van der Waals surface area (Å²) in [6.07, 6.45) is 0.606. The topological polar surface area (TPSA) is 126 Å². The van der Waals surface area contributed by atoms with Crippen molar-refractivity contribution in [2.75, 3.05) is 6.61 Å². The Morgan fingerprint density at radius 2 is 1.42 bits per heavy atom. The van der Waals surface area contributed by atoms with Gasteiger partial charge in [-0.05, 0) is 60.4 Å². The molecule has 2 amide bonds. The SMILES string of the molecule is CC(O)C=NC(=O)c1ccc2c(c1)C(CO[C]=O)c1cc(C(=O)N=CC(C)O)ccc1-2. The van der Waals surface area contributed by atoms with E-state index in [-0.39, 0.29) is 6.61 Å². The molecule has 2 aromatic rings. The molecule has 31 heavy (non-hydrogen) atoms. The summed E-state index contributed by atoms with van der Waals surface area (Å²) in [6.45, 7) is 4.37. The van der Waals surface area contributed by atoms with Crippen molar-refractivity contribution in [3.8, 4) is 11.1 Å². The van der Waals surface area contributed by atoms with Gasteiger partial charge in [-0.25, -0.2) is 14.8 Å². The van der Waals surface area contributed by atoms with E-state index >= 15 is 0 Å². The van der Waals surface area contributed by atoms with Crippen molar-refractivity contribution >= 4 is 30.7 Å². The van der Waals surface area contributed by atoms with Gasteiger partial charge in [-0.2, -0.15) is 0 Å². The number of ether oxygens (including phenoxy) is 1. The summed E-state index contributed by atoms with van der Waals surface area (Å²) in [4.78, 5) is 42.8. The maximum Gasteiger partial charge on any atom is 0.417 e. The molecule has 3 rings (SSSR count). The maximum atomic E-state index is 12.3. The number of benzene rings is 2. The summed E-state index contributed by atoms with van der Waals surface area (Å²) in [5.74, 6) is -1.43. The highest BCUT2D eigenvalue weighted by molar-refractivity contribution is 6.02. The fraction of sp³-hybridized carbons (Fsp3) is 0.261. The second-order valence-corrected chi connectivity index (χ2v) is 7.20. The molecule has 0 saturated carbocycles. The molecule has 2 atom stereocenters. The Labute approximate surface area is 178 Å². The number of carbonyl (C=O) groups excluding carboxylic acids is 3. The first-order chi connectivity index (χ1) is 14.8. The van der Waals surface area contributed by atoms with Gasteiger partial charge in [0.25, 0.3) is 11.8 Å². The van der Waals surface area contributed by atoms with Crippen molar-refractivity contribution in [2.24, 2.45) is 9.98 Å². The van der Waals surface area contributed by atoms with Crippen LogP contribution in [-0.2, 0) is 9.53 Å². The second-order valence-electron chi connectivity index (χ2n) is 7.20. The summed E-state index contributed by atoms with van der Waals surface area (Å²) < 4.78 is 4.89. The lowest BCUT2D eigenvalue weighted by molar-refractivity contribution is 0.0993. The molecule has 1 aliphatic rings. The Balaban J connectivity index is 2.01. The predicted octanol–water partition coefficient (Wildman–Crippen LogP) is 2.07. The van der Waals surface area contributed by atoms with Crippen LogP contribution < -0.4 is 0 Å². The van der Waals surface area contributed by atoms with Crippen LogP contribution >= 0.6 is 0 Å². The molecule has 159 valence electrons. The molecule has 0 heterocycles. The van der Waals surface area contributed by atoms with Crippen LogP contribution in [0.1, 0.15) is 51.6 Å². The first-order valence-electron chi connectivity index (χ1n) is 9.62. The van der Waals surface area contributed by atoms with Gasteiger partial charge in [0.2, 0.25) is 0 Å². The highest BCUT2D eigenvalue weighted by Gasteiger charge is 2.31. The number of aliphatic hydroxyl groups is 2. The molecule has 0 fully saturated rings. The van der Waals surface area contributed by atoms with Gasteiger partial charge in [-0.15, -0.1) is 0 Å². The predicted molar refractivity (Wildman–Crippen MR) is 114 cm³/mol. The van der Waals surface area contributed by atoms with Crippen LogP contribution in [0.3, 0.4) is 0 Å². The van der Waals surface area contributed by atoms with Crippen molar-refractivity contribution < 1.29 is 29.3 Å². The normalized spacial score (nSPS) is 16.7. The van der Waals surface area contributed by atoms with E-state index in [1.54, 1.807) is 36.4 Å². The van der Waals surface area contributed by atoms with E-state index < -0.39 is 29.9 Å². The van der Waals surface area contributed by atoms with Crippen LogP contribution in [0.2, 0.25) is 0 Å². The van der Waals surface area contributed by atoms with Gasteiger partial charge < -0.3 is 14.9 Å². The lowest BCUT2D eigenvalue weighted by Gasteiger charge is -2.13. The molecule has 0 bridgehead atoms. The fourth-order valence-corrected chi connectivity index (χ4v) is 3.42. The summed E-state index contributed by atoms with van der Waals surface area (Å²) in [6, 6.07) is 10.1. The summed E-state index contributed by atoms with van der Waals surface area (Å²) in [7, 11) is 0. The first-order valence-corrected chi connectivity index (χ1v) is 9.62. The molecule has 0 saturated heterocycles. The molecule has 8 heteroatoms. The van der Waals surface area contributed by atoms with E-state index in [9.17, 15) is 24.6 Å². The first kappa shape index (κ1) is 22.2. The van der Waals surface area contributed by atoms with Crippen LogP contribution in [-0.4, -0.2) is 59.7 Å². The molecule has 2 N–H and O–H groups in total. The van der Waals surface area contributed by atoms with E-state index in [2.05, 4.69) is 9.98 Å². The lowest BCUT2D eigenvalue weighted by Crippen LogP contribution is -2.09. The maximum absolute atomic E-state index is 12.3. The van der Waals surface area contributed by atoms with E-state index in [1.165, 1.54) is 20.3 Å². The highest BCUT2D eigenvalue weighted by Crippen LogP contribution is 2.45. The van der Waals surface area contributed by atoms with Gasteiger partial charge in [0, 0.05) is 29.5 Å². The molecule has 2 aromatic carbocycles. The zero-order valence-corrected chi connectivity index (χ0v) is 17.0. The number of aliphatic imine (C=N–C) groups is 2. The van der Waals surface area contributed by atoms with E-state index in [0.29, 0.717) is 11.1 Å². The minimum Gasteiger partial charge on any atom is -0.456 e. The molecule has 0 aliphatic heterocycles. The van der Waals surface area contributed by atoms with Crippen LogP contribution in [0.25, 0.3) is 11.1 Å². The van der Waals surface area contributed by atoms with Gasteiger partial charge in [-0.3, -0.25) is 9.59 Å². The summed E-state index contributed by atoms with van der Waals surface area (Å²) in [5.41, 5.74) is 3.83. The monoisotopic (exact) mass is 421 g/mol. The molecule has 0 spiro atoms. The Morgan fingerprint density at radius 3 is 1.81 bits per heavy atom. The molecule has 0 aromatic heterocycles. The number of fused-ring (bicyclic) bond motifs is 3. The number of rotatable bonds is 7. The third-order valence-electron chi connectivity index (χ3n) is 4.76. The number of nitrogens with zero attached hydrogens (tertiary/aromatic N) is 2. The molecule has 1 radical (unpaired) electrons. The van der Waals surface area contributed by atoms with Crippen molar-refractivity contribution in [2.45, 2.75) is 32.0 Å². The number of aliphatic hydroxyl groups excluding tert-OH is 2. The minimum absolute atomic E-state index is 0.0212. The van der Waals surface area contributed by atoms with Gasteiger partial charge in [0.15, 0.2) is 0 Å². The van der Waals surface area contributed by atoms with Crippen LogP contribution in [0.15, 0.2) is 46.4 Å². The standard InChI is InChI=1S/C23H21N2O6/c1-13(27)9-24-22(29)15-3-5-17-18-6-4-16(23(30)25-10-14(2)28)8-20(18)21(11-31-12-26)19(17)7-15/h3-10,13-14,21,27-28H,11H2,1-2H3.